The van der Waals surface area contributed by atoms with Crippen molar-refractivity contribution < 1.29 is 22.7 Å². The van der Waals surface area contributed by atoms with E-state index in [1.165, 1.54) is 54.1 Å². The second kappa shape index (κ2) is 10.6. The number of amides is 1. The smallest absolute Gasteiger partial charge is 0.257 e. The Bertz CT molecular complexity index is 1140. The zero-order valence-electron chi connectivity index (χ0n) is 17.0. The summed E-state index contributed by atoms with van der Waals surface area (Å²) in [4.78, 5) is 17.1. The average Bonchev–Trinajstić information content (AvgIpc) is 3.17. The third-order valence-electron chi connectivity index (χ3n) is 4.43. The lowest BCUT2D eigenvalue weighted by Crippen LogP contribution is -2.36. The molecule has 3 aromatic rings. The van der Waals surface area contributed by atoms with Crippen LogP contribution in [0, 0.1) is 0 Å². The standard InChI is InChI=1S/C20H22BrN3O5S2/c1-28-12-10-24(11-13-29-2)31(26,27)15-8-6-14(7-9-15)19(25)23-20-22-18-16(21)4-3-5-17(18)30-20/h3-9H,10-13H2,1-2H3,(H,22,23,25). The fourth-order valence-corrected chi connectivity index (χ4v) is 5.69. The van der Waals surface area contributed by atoms with Crippen LogP contribution in [0.15, 0.2) is 51.8 Å². The molecule has 166 valence electrons. The molecule has 8 nitrogen and oxygen atoms in total. The summed E-state index contributed by atoms with van der Waals surface area (Å²) in [7, 11) is -0.718. The molecule has 1 heterocycles. The predicted molar refractivity (Wildman–Crippen MR) is 124 cm³/mol. The van der Waals surface area contributed by atoms with Gasteiger partial charge in [-0.15, -0.1) is 0 Å². The van der Waals surface area contributed by atoms with Gasteiger partial charge in [0.15, 0.2) is 5.13 Å². The van der Waals surface area contributed by atoms with E-state index in [4.69, 9.17) is 9.47 Å². The molecule has 0 aliphatic rings. The van der Waals surface area contributed by atoms with Gasteiger partial charge >= 0.3 is 0 Å². The van der Waals surface area contributed by atoms with Crippen molar-refractivity contribution >= 4 is 58.5 Å². The summed E-state index contributed by atoms with van der Waals surface area (Å²) >= 11 is 4.81. The van der Waals surface area contributed by atoms with Crippen LogP contribution in [-0.4, -0.2) is 64.1 Å². The first-order valence-electron chi connectivity index (χ1n) is 9.31. The number of anilines is 1. The molecule has 3 rings (SSSR count). The zero-order valence-corrected chi connectivity index (χ0v) is 20.2. The Morgan fingerprint density at radius 1 is 1.10 bits per heavy atom. The molecule has 0 unspecified atom stereocenters. The minimum absolute atomic E-state index is 0.0974. The SMILES string of the molecule is COCCN(CCOC)S(=O)(=O)c1ccc(C(=O)Nc2nc3c(Br)cccc3s2)cc1. The van der Waals surface area contributed by atoms with Crippen molar-refractivity contribution in [2.45, 2.75) is 4.90 Å². The number of halogens is 1. The second-order valence-corrected chi connectivity index (χ2v) is 10.3. The predicted octanol–water partition coefficient (Wildman–Crippen LogP) is 3.59. The molecule has 0 saturated carbocycles. The maximum absolute atomic E-state index is 12.9. The average molecular weight is 528 g/mol. The maximum Gasteiger partial charge on any atom is 0.257 e. The first-order chi connectivity index (χ1) is 14.9. The summed E-state index contributed by atoms with van der Waals surface area (Å²) in [6, 6.07) is 11.5. The quantitative estimate of drug-likeness (QED) is 0.432. The summed E-state index contributed by atoms with van der Waals surface area (Å²) < 4.78 is 39.0. The van der Waals surface area contributed by atoms with Gasteiger partial charge in [-0.05, 0) is 52.3 Å². The summed E-state index contributed by atoms with van der Waals surface area (Å²) in [5.41, 5.74) is 1.11. The molecule has 0 aliphatic heterocycles. The molecule has 0 fully saturated rings. The van der Waals surface area contributed by atoms with Crippen LogP contribution < -0.4 is 5.32 Å². The van der Waals surface area contributed by atoms with E-state index in [9.17, 15) is 13.2 Å². The van der Waals surface area contributed by atoms with E-state index >= 15 is 0 Å². The topological polar surface area (TPSA) is 97.8 Å². The molecular formula is C20H22BrN3O5S2. The summed E-state index contributed by atoms with van der Waals surface area (Å²) in [6.45, 7) is 0.943. The summed E-state index contributed by atoms with van der Waals surface area (Å²) in [6.07, 6.45) is 0. The number of thiazole rings is 1. The van der Waals surface area contributed by atoms with E-state index in [-0.39, 0.29) is 37.1 Å². The van der Waals surface area contributed by atoms with Gasteiger partial charge in [-0.25, -0.2) is 13.4 Å². The van der Waals surface area contributed by atoms with Gasteiger partial charge in [0.2, 0.25) is 10.0 Å². The number of nitrogens with one attached hydrogen (secondary N) is 1. The number of hydrogen-bond donors (Lipinski definition) is 1. The molecule has 1 N–H and O–H groups in total. The third kappa shape index (κ3) is 5.68. The number of sulfonamides is 1. The first kappa shape index (κ1) is 23.8. The van der Waals surface area contributed by atoms with Crippen molar-refractivity contribution in [3.05, 3.63) is 52.5 Å². The van der Waals surface area contributed by atoms with Crippen LogP contribution in [0.2, 0.25) is 0 Å². The molecule has 0 bridgehead atoms. The Labute approximate surface area is 193 Å². The molecule has 1 amide bonds. The molecule has 0 radical (unpaired) electrons. The maximum atomic E-state index is 12.9. The lowest BCUT2D eigenvalue weighted by Gasteiger charge is -2.21. The normalized spacial score (nSPS) is 11.9. The monoisotopic (exact) mass is 527 g/mol. The Morgan fingerprint density at radius 3 is 2.32 bits per heavy atom. The Hall–Kier alpha value is -1.89. The van der Waals surface area contributed by atoms with Crippen LogP contribution in [0.3, 0.4) is 0 Å². The van der Waals surface area contributed by atoms with E-state index in [2.05, 4.69) is 26.2 Å². The molecule has 31 heavy (non-hydrogen) atoms. The van der Waals surface area contributed by atoms with Gasteiger partial charge in [-0.1, -0.05) is 17.4 Å². The minimum atomic E-state index is -3.74. The summed E-state index contributed by atoms with van der Waals surface area (Å²) in [5.74, 6) is -0.366. The van der Waals surface area contributed by atoms with Crippen molar-refractivity contribution in [1.82, 2.24) is 9.29 Å². The lowest BCUT2D eigenvalue weighted by atomic mass is 10.2. The number of carbonyl (C=O) groups is 1. The summed E-state index contributed by atoms with van der Waals surface area (Å²) in [5, 5.41) is 3.23. The number of ether oxygens (including phenoxy) is 2. The van der Waals surface area contributed by atoms with Crippen LogP contribution in [0.5, 0.6) is 0 Å². The van der Waals surface area contributed by atoms with E-state index < -0.39 is 10.0 Å². The molecule has 11 heteroatoms. The fourth-order valence-electron chi connectivity index (χ4n) is 2.80. The zero-order chi connectivity index (χ0) is 22.4. The van der Waals surface area contributed by atoms with Crippen LogP contribution in [0.25, 0.3) is 10.2 Å². The van der Waals surface area contributed by atoms with E-state index in [1.54, 1.807) is 0 Å². The third-order valence-corrected chi connectivity index (χ3v) is 7.92. The highest BCUT2D eigenvalue weighted by Gasteiger charge is 2.24. The van der Waals surface area contributed by atoms with E-state index in [1.807, 2.05) is 18.2 Å². The highest BCUT2D eigenvalue weighted by atomic mass is 79.9. The number of rotatable bonds is 10. The highest BCUT2D eigenvalue weighted by Crippen LogP contribution is 2.31. The molecular weight excluding hydrogens is 506 g/mol. The number of benzene rings is 2. The number of hydrogen-bond acceptors (Lipinski definition) is 7. The molecule has 2 aromatic carbocycles. The van der Waals surface area contributed by atoms with Crippen LogP contribution >= 0.6 is 27.3 Å². The van der Waals surface area contributed by atoms with E-state index in [0.717, 1.165) is 14.7 Å². The van der Waals surface area contributed by atoms with Gasteiger partial charge in [-0.3, -0.25) is 10.1 Å². The van der Waals surface area contributed by atoms with Gasteiger partial charge in [0, 0.05) is 37.3 Å². The van der Waals surface area contributed by atoms with Crippen molar-refractivity contribution in [2.24, 2.45) is 0 Å². The molecule has 0 aliphatic carbocycles. The largest absolute Gasteiger partial charge is 0.383 e. The van der Waals surface area contributed by atoms with Crippen LogP contribution in [0.1, 0.15) is 10.4 Å². The van der Waals surface area contributed by atoms with Crippen molar-refractivity contribution in [1.29, 1.82) is 0 Å². The van der Waals surface area contributed by atoms with Crippen LogP contribution in [0.4, 0.5) is 5.13 Å². The fraction of sp³-hybridized carbons (Fsp3) is 0.300. The Morgan fingerprint density at radius 2 is 1.74 bits per heavy atom. The number of fused-ring (bicyclic) bond motifs is 1. The minimum Gasteiger partial charge on any atom is -0.383 e. The number of para-hydroxylation sites is 1. The number of aromatic nitrogens is 1. The van der Waals surface area contributed by atoms with Crippen molar-refractivity contribution in [3.8, 4) is 0 Å². The van der Waals surface area contributed by atoms with Crippen LogP contribution in [-0.2, 0) is 19.5 Å². The first-order valence-corrected chi connectivity index (χ1v) is 12.4. The Kier molecular flexibility index (Phi) is 8.14. The molecule has 0 atom stereocenters. The van der Waals surface area contributed by atoms with Gasteiger partial charge in [0.25, 0.3) is 5.91 Å². The number of carbonyl (C=O) groups excluding carboxylic acids is 1. The van der Waals surface area contributed by atoms with Crippen molar-refractivity contribution in [3.63, 3.8) is 0 Å². The van der Waals surface area contributed by atoms with E-state index in [0.29, 0.717) is 10.7 Å². The van der Waals surface area contributed by atoms with Gasteiger partial charge in [0.1, 0.15) is 0 Å². The van der Waals surface area contributed by atoms with Crippen molar-refractivity contribution in [2.75, 3.05) is 45.8 Å². The Balaban J connectivity index is 1.75. The highest BCUT2D eigenvalue weighted by molar-refractivity contribution is 9.10. The van der Waals surface area contributed by atoms with Gasteiger partial charge in [0.05, 0.1) is 28.3 Å². The number of nitrogens with zero attached hydrogens (tertiary/aromatic N) is 2. The van der Waals surface area contributed by atoms with Gasteiger partial charge in [-0.2, -0.15) is 4.31 Å². The molecule has 1 aromatic heterocycles. The molecule has 0 spiro atoms. The lowest BCUT2D eigenvalue weighted by molar-refractivity contribution is 0.102. The van der Waals surface area contributed by atoms with Gasteiger partial charge < -0.3 is 9.47 Å². The molecule has 0 saturated heterocycles. The second-order valence-electron chi connectivity index (χ2n) is 6.47. The number of methoxy groups -OCH3 is 2.